The van der Waals surface area contributed by atoms with E-state index in [0.717, 1.165) is 12.8 Å². The van der Waals surface area contributed by atoms with Crippen molar-refractivity contribution >= 4 is 30.4 Å². The lowest BCUT2D eigenvalue weighted by molar-refractivity contribution is -0.124. The summed E-state index contributed by atoms with van der Waals surface area (Å²) in [4.78, 5) is 26.6. The van der Waals surface area contributed by atoms with E-state index in [1.54, 1.807) is 0 Å². The molecule has 0 aliphatic heterocycles. The Morgan fingerprint density at radius 2 is 1.32 bits per heavy atom. The predicted molar refractivity (Wildman–Crippen MR) is 157 cm³/mol. The summed E-state index contributed by atoms with van der Waals surface area (Å²) in [7, 11) is -2.45. The van der Waals surface area contributed by atoms with Crippen LogP contribution in [0.2, 0.25) is 6.55 Å². The van der Waals surface area contributed by atoms with Gasteiger partial charge in [0.25, 0.3) is 0 Å². The summed E-state index contributed by atoms with van der Waals surface area (Å²) in [5.74, 6) is 0.191. The minimum atomic E-state index is -2.45. The number of carbonyl (C=O) groups excluding carboxylic acids is 2. The average Bonchev–Trinajstić information content (AvgIpc) is 2.80. The van der Waals surface area contributed by atoms with Crippen LogP contribution in [0.25, 0.3) is 0 Å². The van der Waals surface area contributed by atoms with Crippen LogP contribution < -0.4 is 21.0 Å². The second kappa shape index (κ2) is 12.8. The molecule has 2 aromatic carbocycles. The summed E-state index contributed by atoms with van der Waals surface area (Å²) in [6, 6.07) is 16.9. The summed E-state index contributed by atoms with van der Waals surface area (Å²) < 4.78 is 5.49. The third-order valence-corrected chi connectivity index (χ3v) is 12.0. The minimum Gasteiger partial charge on any atom is -0.444 e. The van der Waals surface area contributed by atoms with Crippen molar-refractivity contribution in [3.05, 3.63) is 59.7 Å². The first kappa shape index (κ1) is 30.6. The molecule has 0 fully saturated rings. The molecule has 0 saturated heterocycles. The molecule has 6 heteroatoms. The number of benzene rings is 2. The number of rotatable bonds is 10. The number of amides is 2. The highest BCUT2D eigenvalue weighted by molar-refractivity contribution is 7.02. The fourth-order valence-corrected chi connectivity index (χ4v) is 8.91. The van der Waals surface area contributed by atoms with Crippen molar-refractivity contribution < 1.29 is 14.3 Å². The fourth-order valence-electron chi connectivity index (χ4n) is 4.68. The van der Waals surface area contributed by atoms with Crippen LogP contribution in [0.15, 0.2) is 48.5 Å². The van der Waals surface area contributed by atoms with Gasteiger partial charge in [0.2, 0.25) is 5.91 Å². The number of nitrogens with one attached hydrogen (secondary N) is 2. The topological polar surface area (TPSA) is 67.4 Å². The molecule has 3 atom stereocenters. The van der Waals surface area contributed by atoms with E-state index in [2.05, 4.69) is 93.4 Å². The Kier molecular flexibility index (Phi) is 10.6. The van der Waals surface area contributed by atoms with Crippen LogP contribution in [0.4, 0.5) is 4.79 Å². The van der Waals surface area contributed by atoms with Gasteiger partial charge in [0, 0.05) is 5.67 Å². The zero-order valence-corrected chi connectivity index (χ0v) is 25.6. The van der Waals surface area contributed by atoms with E-state index in [-0.39, 0.29) is 17.5 Å². The first-order chi connectivity index (χ1) is 17.2. The number of hydrogen-bond acceptors (Lipinski definition) is 3. The zero-order valence-electron chi connectivity index (χ0n) is 24.6. The normalized spacial score (nSPS) is 14.6. The summed E-state index contributed by atoms with van der Waals surface area (Å²) in [5, 5.41) is 8.89. The molecule has 5 nitrogen and oxygen atoms in total. The standard InChI is InChI=1S/C31H48N2O3Si/c1-11-24(6)28(33-30(35)36-31(7,8)9)29(34)32-27(20-21(2)3)37(10,25-16-12-22(4)13-17-25)26-18-14-23(5)15-19-26/h12-19,21,24,27-28H,11,20H2,1-10H3,(H,32,34)(H,33,35)/t24-,27+,28-/m0/s1. The Morgan fingerprint density at radius 1 is 0.865 bits per heavy atom. The SMILES string of the molecule is CC[C@H](C)[C@H](NC(=O)OC(C)(C)C)C(=O)N[C@@H](CC(C)C)[Si](C)(c1ccc(C)cc1)c1ccc(C)cc1. The third-order valence-electron chi connectivity index (χ3n) is 7.19. The van der Waals surface area contributed by atoms with Gasteiger partial charge in [-0.15, -0.1) is 0 Å². The van der Waals surface area contributed by atoms with Gasteiger partial charge in [0.1, 0.15) is 19.7 Å². The number of alkyl carbamates (subject to hydrolysis) is 1. The summed E-state index contributed by atoms with van der Waals surface area (Å²) in [5.41, 5.74) is 1.74. The molecule has 0 unspecified atom stereocenters. The van der Waals surface area contributed by atoms with Gasteiger partial charge in [-0.2, -0.15) is 0 Å². The molecule has 0 aliphatic rings. The van der Waals surface area contributed by atoms with Gasteiger partial charge in [0.05, 0.1) is 0 Å². The lowest BCUT2D eigenvalue weighted by Gasteiger charge is -2.39. The molecule has 0 aliphatic carbocycles. The highest BCUT2D eigenvalue weighted by atomic mass is 28.3. The first-order valence-electron chi connectivity index (χ1n) is 13.6. The highest BCUT2D eigenvalue weighted by Gasteiger charge is 2.42. The molecular weight excluding hydrogens is 476 g/mol. The quantitative estimate of drug-likeness (QED) is 0.403. The Labute approximate surface area is 225 Å². The Hall–Kier alpha value is -2.60. The van der Waals surface area contributed by atoms with Crippen LogP contribution in [0.3, 0.4) is 0 Å². The molecular formula is C31H48N2O3Si. The molecule has 2 aromatic rings. The van der Waals surface area contributed by atoms with Gasteiger partial charge in [-0.3, -0.25) is 4.79 Å². The molecule has 0 heterocycles. The molecule has 204 valence electrons. The van der Waals surface area contributed by atoms with Crippen molar-refractivity contribution in [2.24, 2.45) is 11.8 Å². The molecule has 0 spiro atoms. The van der Waals surface area contributed by atoms with Gasteiger partial charge < -0.3 is 15.4 Å². The van der Waals surface area contributed by atoms with E-state index in [1.807, 2.05) is 34.6 Å². The van der Waals surface area contributed by atoms with Gasteiger partial charge in [0.15, 0.2) is 0 Å². The highest BCUT2D eigenvalue weighted by Crippen LogP contribution is 2.20. The Bertz CT molecular complexity index is 980. The van der Waals surface area contributed by atoms with Gasteiger partial charge in [-0.1, -0.05) is 111 Å². The van der Waals surface area contributed by atoms with E-state index >= 15 is 0 Å². The monoisotopic (exact) mass is 524 g/mol. The second-order valence-corrected chi connectivity index (χ2v) is 16.4. The first-order valence-corrected chi connectivity index (χ1v) is 16.2. The van der Waals surface area contributed by atoms with Crippen LogP contribution in [0.5, 0.6) is 0 Å². The van der Waals surface area contributed by atoms with Crippen LogP contribution in [0, 0.1) is 25.7 Å². The molecule has 2 amide bonds. The Balaban J connectivity index is 2.53. The lowest BCUT2D eigenvalue weighted by Crippen LogP contribution is -2.70. The van der Waals surface area contributed by atoms with E-state index in [0.29, 0.717) is 5.92 Å². The van der Waals surface area contributed by atoms with Crippen LogP contribution in [-0.2, 0) is 9.53 Å². The molecule has 2 N–H and O–H groups in total. The van der Waals surface area contributed by atoms with Gasteiger partial charge in [-0.05, 0) is 52.9 Å². The van der Waals surface area contributed by atoms with Crippen molar-refractivity contribution in [3.8, 4) is 0 Å². The molecule has 0 aromatic heterocycles. The van der Waals surface area contributed by atoms with E-state index < -0.39 is 25.8 Å². The van der Waals surface area contributed by atoms with Crippen molar-refractivity contribution in [1.82, 2.24) is 10.6 Å². The summed E-state index contributed by atoms with van der Waals surface area (Å²) in [6.45, 7) is 20.4. The second-order valence-electron chi connectivity index (χ2n) is 12.1. The maximum absolute atomic E-state index is 13.9. The maximum Gasteiger partial charge on any atom is 0.408 e. The maximum atomic E-state index is 13.9. The predicted octanol–water partition coefficient (Wildman–Crippen LogP) is 5.51. The molecule has 0 bridgehead atoms. The third kappa shape index (κ3) is 8.46. The number of carbonyl (C=O) groups is 2. The smallest absolute Gasteiger partial charge is 0.408 e. The molecule has 37 heavy (non-hydrogen) atoms. The molecule has 2 rings (SSSR count). The van der Waals surface area contributed by atoms with Crippen molar-refractivity contribution in [1.29, 1.82) is 0 Å². The minimum absolute atomic E-state index is 0.0427. The van der Waals surface area contributed by atoms with Crippen LogP contribution >= 0.6 is 0 Å². The van der Waals surface area contributed by atoms with Crippen molar-refractivity contribution in [2.75, 3.05) is 0 Å². The van der Waals surface area contributed by atoms with Gasteiger partial charge >= 0.3 is 6.09 Å². The van der Waals surface area contributed by atoms with E-state index in [9.17, 15) is 9.59 Å². The molecule has 0 saturated carbocycles. The summed E-state index contributed by atoms with van der Waals surface area (Å²) >= 11 is 0. The average molecular weight is 525 g/mol. The van der Waals surface area contributed by atoms with Crippen molar-refractivity contribution in [3.63, 3.8) is 0 Å². The zero-order chi connectivity index (χ0) is 28.0. The number of aryl methyl sites for hydroxylation is 2. The fraction of sp³-hybridized carbons (Fsp3) is 0.548. The largest absolute Gasteiger partial charge is 0.444 e. The van der Waals surface area contributed by atoms with Crippen LogP contribution in [0.1, 0.15) is 72.4 Å². The van der Waals surface area contributed by atoms with E-state index in [4.69, 9.17) is 4.74 Å². The lowest BCUT2D eigenvalue weighted by atomic mass is 9.98. The summed E-state index contributed by atoms with van der Waals surface area (Å²) in [6.07, 6.45) is 1.04. The Morgan fingerprint density at radius 3 is 1.70 bits per heavy atom. The molecule has 0 radical (unpaired) electrons. The van der Waals surface area contributed by atoms with Gasteiger partial charge in [-0.25, -0.2) is 4.79 Å². The van der Waals surface area contributed by atoms with Crippen molar-refractivity contribution in [2.45, 2.75) is 99.0 Å². The van der Waals surface area contributed by atoms with Crippen LogP contribution in [-0.4, -0.2) is 37.4 Å². The number of hydrogen-bond donors (Lipinski definition) is 2. The van der Waals surface area contributed by atoms with E-state index in [1.165, 1.54) is 21.5 Å². The number of ether oxygens (including phenoxy) is 1.